The van der Waals surface area contributed by atoms with Crippen LogP contribution >= 0.6 is 0 Å². The van der Waals surface area contributed by atoms with E-state index in [1.165, 1.54) is 35.3 Å². The van der Waals surface area contributed by atoms with E-state index < -0.39 is 11.7 Å². The molecule has 1 N–H and O–H groups in total. The molecule has 0 aliphatic heterocycles. The average molecular weight is 390 g/mol. The summed E-state index contributed by atoms with van der Waals surface area (Å²) < 4.78 is 15.9. The van der Waals surface area contributed by atoms with Crippen LogP contribution in [0.25, 0.3) is 16.7 Å². The van der Waals surface area contributed by atoms with Gasteiger partial charge in [-0.3, -0.25) is 9.78 Å². The molecule has 0 unspecified atom stereocenters. The largest absolute Gasteiger partial charge is 0.321 e. The fraction of sp³-hybridized carbons (Fsp3) is 0.190. The maximum atomic E-state index is 14.5. The Balaban J connectivity index is 1.65. The number of fused-ring (bicyclic) bond motifs is 1. The first-order valence-electron chi connectivity index (χ1n) is 9.16. The molecule has 0 radical (unpaired) electrons. The maximum absolute atomic E-state index is 14.5. The summed E-state index contributed by atoms with van der Waals surface area (Å²) in [6.45, 7) is 5.95. The van der Waals surface area contributed by atoms with Crippen molar-refractivity contribution in [3.05, 3.63) is 71.8 Å². The van der Waals surface area contributed by atoms with Gasteiger partial charge >= 0.3 is 0 Å². The predicted molar refractivity (Wildman–Crippen MR) is 108 cm³/mol. The molecule has 0 bridgehead atoms. The van der Waals surface area contributed by atoms with Crippen molar-refractivity contribution < 1.29 is 9.18 Å². The molecule has 1 amide bonds. The molecule has 4 aromatic rings. The van der Waals surface area contributed by atoms with Crippen molar-refractivity contribution in [3.63, 3.8) is 0 Å². The number of carbonyl (C=O) groups excluding carboxylic acids is 1. The molecule has 0 aliphatic carbocycles. The lowest BCUT2D eigenvalue weighted by Crippen LogP contribution is -2.14. The van der Waals surface area contributed by atoms with Crippen molar-refractivity contribution in [3.8, 4) is 5.69 Å². The molecule has 146 valence electrons. The first-order chi connectivity index (χ1) is 13.9. The van der Waals surface area contributed by atoms with Crippen LogP contribution in [0.2, 0.25) is 0 Å². The molecule has 0 aliphatic rings. The minimum Gasteiger partial charge on any atom is -0.321 e. The Morgan fingerprint density at radius 3 is 2.66 bits per heavy atom. The molecule has 29 heavy (non-hydrogen) atoms. The molecular weight excluding hydrogens is 371 g/mol. The summed E-state index contributed by atoms with van der Waals surface area (Å²) in [5.41, 5.74) is 3.13. The number of nitrogens with one attached hydrogen (secondary N) is 1. The van der Waals surface area contributed by atoms with Gasteiger partial charge in [-0.25, -0.2) is 19.0 Å². The zero-order valence-corrected chi connectivity index (χ0v) is 16.2. The number of benzene rings is 1. The van der Waals surface area contributed by atoms with Crippen molar-refractivity contribution >= 4 is 22.6 Å². The second-order valence-corrected chi connectivity index (χ2v) is 7.07. The molecule has 7 nitrogen and oxygen atoms in total. The molecule has 0 saturated carbocycles. The molecule has 0 atom stereocenters. The SMILES string of the molecule is Cc1cnc(C(=O)Nc2ccc(F)c(-n3cc4cc(C(C)C)cnc4n3)c2)cn1. The Hall–Kier alpha value is -3.68. The second kappa shape index (κ2) is 7.38. The monoisotopic (exact) mass is 390 g/mol. The lowest BCUT2D eigenvalue weighted by Gasteiger charge is -2.08. The number of hydrogen-bond donors (Lipinski definition) is 1. The summed E-state index contributed by atoms with van der Waals surface area (Å²) in [4.78, 5) is 24.8. The van der Waals surface area contributed by atoms with Gasteiger partial charge in [0.05, 0.1) is 11.9 Å². The first kappa shape index (κ1) is 18.7. The molecule has 0 spiro atoms. The van der Waals surface area contributed by atoms with Gasteiger partial charge in [-0.1, -0.05) is 13.8 Å². The number of halogens is 1. The Morgan fingerprint density at radius 1 is 1.10 bits per heavy atom. The van der Waals surface area contributed by atoms with Gasteiger partial charge < -0.3 is 5.32 Å². The zero-order valence-electron chi connectivity index (χ0n) is 16.2. The molecule has 1 aromatic carbocycles. The van der Waals surface area contributed by atoms with Crippen molar-refractivity contribution in [2.24, 2.45) is 0 Å². The van der Waals surface area contributed by atoms with Crippen molar-refractivity contribution in [1.29, 1.82) is 0 Å². The lowest BCUT2D eigenvalue weighted by molar-refractivity contribution is 0.102. The summed E-state index contributed by atoms with van der Waals surface area (Å²) in [6.07, 6.45) is 6.41. The Bertz CT molecular complexity index is 1200. The van der Waals surface area contributed by atoms with Crippen LogP contribution in [0.5, 0.6) is 0 Å². The van der Waals surface area contributed by atoms with Crippen LogP contribution in [0.4, 0.5) is 10.1 Å². The van der Waals surface area contributed by atoms with Crippen LogP contribution in [0.15, 0.2) is 49.1 Å². The van der Waals surface area contributed by atoms with E-state index in [1.54, 1.807) is 19.3 Å². The minimum atomic E-state index is -0.463. The highest BCUT2D eigenvalue weighted by molar-refractivity contribution is 6.02. The van der Waals surface area contributed by atoms with E-state index >= 15 is 0 Å². The minimum absolute atomic E-state index is 0.178. The summed E-state index contributed by atoms with van der Waals surface area (Å²) >= 11 is 0. The number of hydrogen-bond acceptors (Lipinski definition) is 5. The quantitative estimate of drug-likeness (QED) is 0.568. The van der Waals surface area contributed by atoms with Crippen LogP contribution in [0.3, 0.4) is 0 Å². The van der Waals surface area contributed by atoms with Gasteiger partial charge in [-0.15, -0.1) is 5.10 Å². The van der Waals surface area contributed by atoms with Crippen molar-refractivity contribution in [1.82, 2.24) is 24.7 Å². The number of pyridine rings is 1. The van der Waals surface area contributed by atoms with Crippen LogP contribution in [0, 0.1) is 12.7 Å². The number of nitrogens with zero attached hydrogens (tertiary/aromatic N) is 5. The summed E-state index contributed by atoms with van der Waals surface area (Å²) in [6, 6.07) is 6.28. The molecular formula is C21H19FN6O. The van der Waals surface area contributed by atoms with Gasteiger partial charge in [0.1, 0.15) is 17.2 Å². The van der Waals surface area contributed by atoms with E-state index in [0.29, 0.717) is 22.9 Å². The average Bonchev–Trinajstić information content (AvgIpc) is 3.13. The van der Waals surface area contributed by atoms with Gasteiger partial charge in [0.2, 0.25) is 0 Å². The second-order valence-electron chi connectivity index (χ2n) is 7.07. The Morgan fingerprint density at radius 2 is 1.93 bits per heavy atom. The molecule has 3 aromatic heterocycles. The third-order valence-corrected chi connectivity index (χ3v) is 4.51. The number of carbonyl (C=O) groups is 1. The third kappa shape index (κ3) is 3.82. The van der Waals surface area contributed by atoms with Crippen molar-refractivity contribution in [2.75, 3.05) is 5.32 Å². The number of amides is 1. The molecule has 8 heteroatoms. The van der Waals surface area contributed by atoms with Gasteiger partial charge in [-0.05, 0) is 42.7 Å². The Labute approximate surface area is 166 Å². The zero-order chi connectivity index (χ0) is 20.5. The van der Waals surface area contributed by atoms with E-state index in [0.717, 1.165) is 10.9 Å². The molecule has 3 heterocycles. The van der Waals surface area contributed by atoms with E-state index in [9.17, 15) is 9.18 Å². The van der Waals surface area contributed by atoms with E-state index in [4.69, 9.17) is 0 Å². The smallest absolute Gasteiger partial charge is 0.275 e. The summed E-state index contributed by atoms with van der Waals surface area (Å²) in [7, 11) is 0. The van der Waals surface area contributed by atoms with Gasteiger partial charge in [0.25, 0.3) is 5.91 Å². The molecule has 0 fully saturated rings. The summed E-state index contributed by atoms with van der Waals surface area (Å²) in [5, 5.41) is 7.89. The third-order valence-electron chi connectivity index (χ3n) is 4.51. The first-order valence-corrected chi connectivity index (χ1v) is 9.16. The van der Waals surface area contributed by atoms with Crippen LogP contribution < -0.4 is 5.32 Å². The van der Waals surface area contributed by atoms with Gasteiger partial charge in [-0.2, -0.15) is 0 Å². The highest BCUT2D eigenvalue weighted by Gasteiger charge is 2.13. The number of aromatic nitrogens is 5. The van der Waals surface area contributed by atoms with Gasteiger partial charge in [0.15, 0.2) is 5.65 Å². The van der Waals surface area contributed by atoms with Gasteiger partial charge in [0, 0.05) is 29.7 Å². The fourth-order valence-electron chi connectivity index (χ4n) is 2.84. The fourth-order valence-corrected chi connectivity index (χ4v) is 2.84. The predicted octanol–water partition coefficient (Wildman–Crippen LogP) is 4.03. The number of rotatable bonds is 4. The van der Waals surface area contributed by atoms with Crippen molar-refractivity contribution in [2.45, 2.75) is 26.7 Å². The van der Waals surface area contributed by atoms with E-state index in [2.05, 4.69) is 39.2 Å². The van der Waals surface area contributed by atoms with Crippen LogP contribution in [0.1, 0.15) is 41.5 Å². The molecule has 0 saturated heterocycles. The highest BCUT2D eigenvalue weighted by atomic mass is 19.1. The van der Waals surface area contributed by atoms with Crippen LogP contribution in [-0.2, 0) is 0 Å². The lowest BCUT2D eigenvalue weighted by atomic mass is 10.1. The normalized spacial score (nSPS) is 11.2. The van der Waals surface area contributed by atoms with E-state index in [-0.39, 0.29) is 11.4 Å². The standard InChI is InChI=1S/C21H19FN6O/c1-12(2)14-6-15-11-28(27-20(15)25-9-14)19-7-16(4-5-17(19)22)26-21(29)18-10-23-13(3)8-24-18/h4-12H,1-3H3,(H,26,29). The number of anilines is 1. The van der Waals surface area contributed by atoms with E-state index in [1.807, 2.05) is 6.07 Å². The summed E-state index contributed by atoms with van der Waals surface area (Å²) in [5.74, 6) is -0.561. The Kier molecular flexibility index (Phi) is 4.75. The van der Waals surface area contributed by atoms with Crippen LogP contribution in [-0.4, -0.2) is 30.6 Å². The number of aryl methyl sites for hydroxylation is 1. The maximum Gasteiger partial charge on any atom is 0.275 e. The topological polar surface area (TPSA) is 85.6 Å². The highest BCUT2D eigenvalue weighted by Crippen LogP contribution is 2.23. The molecule has 4 rings (SSSR count).